The fraction of sp³-hybridized carbons (Fsp3) is 0.143. The number of carbonyl (C=O) groups is 6. The molecule has 1 aliphatic rings. The summed E-state index contributed by atoms with van der Waals surface area (Å²) in [5.41, 5.74) is -1.80. The molecule has 0 saturated carbocycles. The van der Waals surface area contributed by atoms with Crippen LogP contribution < -0.4 is 10.1 Å². The smallest absolute Gasteiger partial charge is 0.343 e. The Kier molecular flexibility index (Phi) is 11.4. The Hall–Kier alpha value is -7.48. The zero-order valence-electron chi connectivity index (χ0n) is 29.5. The number of likely N-dealkylation sites (tertiary alicyclic amines) is 1. The lowest BCUT2D eigenvalue weighted by Gasteiger charge is -2.29. The van der Waals surface area contributed by atoms with Gasteiger partial charge in [0.25, 0.3) is 11.8 Å². The summed E-state index contributed by atoms with van der Waals surface area (Å²) in [6.07, 6.45) is -0.517. The van der Waals surface area contributed by atoms with Crippen LogP contribution in [0.5, 0.6) is 23.0 Å². The number of aromatic hydroxyl groups is 3. The number of nitrogens with zero attached hydrogens (tertiary/aromatic N) is 1. The minimum Gasteiger partial charge on any atom is -0.508 e. The molecule has 0 spiro atoms. The van der Waals surface area contributed by atoms with Crippen molar-refractivity contribution >= 4 is 35.5 Å². The lowest BCUT2D eigenvalue weighted by molar-refractivity contribution is 0.0176. The first-order chi connectivity index (χ1) is 26.9. The first kappa shape index (κ1) is 38.3. The lowest BCUT2D eigenvalue weighted by atomic mass is 9.95. The number of phenolic OH excluding ortho intramolecular Hbond substituents is 3. The zero-order chi connectivity index (χ0) is 39.9. The number of esters is 2. The molecule has 0 radical (unpaired) electrons. The van der Waals surface area contributed by atoms with Crippen molar-refractivity contribution in [1.82, 2.24) is 10.2 Å². The Morgan fingerprint density at radius 3 is 1.98 bits per heavy atom. The number of carboxylic acid groups (broad SMARTS) is 1. The van der Waals surface area contributed by atoms with Gasteiger partial charge in [-0.15, -0.1) is 0 Å². The number of benzene rings is 5. The summed E-state index contributed by atoms with van der Waals surface area (Å²) in [5.74, 6) is -8.08. The Labute approximate surface area is 319 Å². The van der Waals surface area contributed by atoms with E-state index in [9.17, 15) is 49.2 Å². The molecule has 6 rings (SSSR count). The van der Waals surface area contributed by atoms with Crippen molar-refractivity contribution in [3.05, 3.63) is 154 Å². The van der Waals surface area contributed by atoms with Gasteiger partial charge in [-0.1, -0.05) is 42.5 Å². The molecule has 0 aliphatic carbocycles. The predicted octanol–water partition coefficient (Wildman–Crippen LogP) is 5.21. The average Bonchev–Trinajstić information content (AvgIpc) is 3.39. The van der Waals surface area contributed by atoms with Gasteiger partial charge in [0.1, 0.15) is 34.7 Å². The Morgan fingerprint density at radius 2 is 1.32 bits per heavy atom. The van der Waals surface area contributed by atoms with E-state index in [0.717, 1.165) is 24.3 Å². The molecule has 5 aromatic carbocycles. The number of carboxylic acids is 1. The van der Waals surface area contributed by atoms with Crippen LogP contribution in [0, 0.1) is 0 Å². The van der Waals surface area contributed by atoms with E-state index < -0.39 is 81.2 Å². The molecule has 1 saturated heterocycles. The highest BCUT2D eigenvalue weighted by atomic mass is 16.5. The van der Waals surface area contributed by atoms with Gasteiger partial charge in [-0.2, -0.15) is 0 Å². The third-order valence-corrected chi connectivity index (χ3v) is 9.05. The van der Waals surface area contributed by atoms with Crippen molar-refractivity contribution in [2.24, 2.45) is 0 Å². The van der Waals surface area contributed by atoms with Crippen LogP contribution in [0.4, 0.5) is 0 Å². The first-order valence-corrected chi connectivity index (χ1v) is 17.3. The summed E-state index contributed by atoms with van der Waals surface area (Å²) in [6.45, 7) is 0.190. The number of amides is 2. The molecule has 5 N–H and O–H groups in total. The molecule has 5 aromatic rings. The molecule has 0 aromatic heterocycles. The number of ketones is 1. The molecule has 56 heavy (non-hydrogen) atoms. The van der Waals surface area contributed by atoms with Crippen molar-refractivity contribution < 1.29 is 58.7 Å². The normalized spacial score (nSPS) is 15.2. The van der Waals surface area contributed by atoms with Crippen molar-refractivity contribution in [1.29, 1.82) is 0 Å². The number of rotatable bonds is 10. The van der Waals surface area contributed by atoms with E-state index in [1.54, 1.807) is 48.5 Å². The van der Waals surface area contributed by atoms with Gasteiger partial charge in [0.2, 0.25) is 5.78 Å². The summed E-state index contributed by atoms with van der Waals surface area (Å²) >= 11 is 0. The van der Waals surface area contributed by atoms with Crippen molar-refractivity contribution in [3.8, 4) is 23.0 Å². The van der Waals surface area contributed by atoms with Crippen molar-refractivity contribution in [2.75, 3.05) is 13.1 Å². The second kappa shape index (κ2) is 16.7. The molecule has 1 heterocycles. The number of ether oxygens (including phenoxy) is 2. The highest BCUT2D eigenvalue weighted by Gasteiger charge is 2.35. The van der Waals surface area contributed by atoms with E-state index >= 15 is 0 Å². The largest absolute Gasteiger partial charge is 0.508 e. The Balaban J connectivity index is 1.35. The van der Waals surface area contributed by atoms with E-state index in [1.165, 1.54) is 47.4 Å². The van der Waals surface area contributed by atoms with Gasteiger partial charge in [0.15, 0.2) is 0 Å². The molecule has 2 atom stereocenters. The number of hydrogen-bond donors (Lipinski definition) is 5. The van der Waals surface area contributed by atoms with Gasteiger partial charge < -0.3 is 40.1 Å². The zero-order valence-corrected chi connectivity index (χ0v) is 29.5. The van der Waals surface area contributed by atoms with Gasteiger partial charge in [0.05, 0.1) is 28.3 Å². The van der Waals surface area contributed by atoms with Crippen LogP contribution in [0.3, 0.4) is 0 Å². The van der Waals surface area contributed by atoms with Crippen molar-refractivity contribution in [3.63, 3.8) is 0 Å². The minimum atomic E-state index is -1.56. The fourth-order valence-electron chi connectivity index (χ4n) is 6.27. The molecule has 14 nitrogen and oxygen atoms in total. The van der Waals surface area contributed by atoms with Crippen LogP contribution in [-0.2, 0) is 4.74 Å². The second-order valence-electron chi connectivity index (χ2n) is 12.8. The number of carbonyl (C=O) groups excluding carboxylic acids is 5. The maximum atomic E-state index is 13.9. The van der Waals surface area contributed by atoms with Crippen LogP contribution in [0.2, 0.25) is 0 Å². The van der Waals surface area contributed by atoms with Crippen LogP contribution in [0.1, 0.15) is 80.6 Å². The summed E-state index contributed by atoms with van der Waals surface area (Å²) in [5, 5.41) is 44.1. The Bertz CT molecular complexity index is 2310. The lowest BCUT2D eigenvalue weighted by Crippen LogP contribution is -2.51. The molecular formula is C42H34N2O12. The first-order valence-electron chi connectivity index (χ1n) is 17.3. The highest BCUT2D eigenvalue weighted by Crippen LogP contribution is 2.36. The summed E-state index contributed by atoms with van der Waals surface area (Å²) in [4.78, 5) is 81.4. The van der Waals surface area contributed by atoms with E-state index in [4.69, 9.17) is 9.47 Å². The molecule has 14 heteroatoms. The number of phenols is 3. The van der Waals surface area contributed by atoms with Gasteiger partial charge in [-0.05, 0) is 85.6 Å². The van der Waals surface area contributed by atoms with Gasteiger partial charge in [-0.25, -0.2) is 14.4 Å². The SMILES string of the molecule is O=C(N[C@H]1CN(C(=O)c2ccccc2)CCC[C@@H]1OC(=O)c1cc(O)c(C(=O)c2c(O)cccc2C(=O)O)c(OC(=O)c2ccccc2)c1)c1ccc(O)cc1. The summed E-state index contributed by atoms with van der Waals surface area (Å²) in [6, 6.07) is 25.7. The standard InChI is InChI=1S/C42H34N2O12/c45-28-18-16-24(17-19-28)38(49)43-30-23-44(39(50)25-9-3-1-4-10-25)20-8-15-33(30)55-42(54)27-21-32(47)36(34(22-27)56-41(53)26-11-5-2-6-12-26)37(48)35-29(40(51)52)13-7-14-31(35)46/h1-7,9-14,16-19,21-22,30,33,45-47H,8,15,20,23H2,(H,43,49)(H,51,52)/t30-,33-/m0/s1. The van der Waals surface area contributed by atoms with E-state index in [1.807, 2.05) is 0 Å². The maximum absolute atomic E-state index is 13.9. The molecular weight excluding hydrogens is 724 g/mol. The van der Waals surface area contributed by atoms with Crippen molar-refractivity contribution in [2.45, 2.75) is 25.0 Å². The molecule has 1 aliphatic heterocycles. The second-order valence-corrected chi connectivity index (χ2v) is 12.8. The molecule has 284 valence electrons. The quantitative estimate of drug-likeness (QED) is 0.0705. The number of hydrogen-bond acceptors (Lipinski definition) is 11. The van der Waals surface area contributed by atoms with Crippen LogP contribution >= 0.6 is 0 Å². The molecule has 0 bridgehead atoms. The van der Waals surface area contributed by atoms with E-state index in [2.05, 4.69) is 5.32 Å². The third-order valence-electron chi connectivity index (χ3n) is 9.05. The predicted molar refractivity (Wildman–Crippen MR) is 198 cm³/mol. The molecule has 0 unspecified atom stereocenters. The summed E-state index contributed by atoms with van der Waals surface area (Å²) in [7, 11) is 0. The van der Waals surface area contributed by atoms with Gasteiger partial charge in [0, 0.05) is 24.2 Å². The van der Waals surface area contributed by atoms with Crippen LogP contribution in [-0.4, -0.2) is 86.1 Å². The van der Waals surface area contributed by atoms with Gasteiger partial charge in [-0.3, -0.25) is 14.4 Å². The average molecular weight is 759 g/mol. The topological polar surface area (TPSA) is 217 Å². The Morgan fingerprint density at radius 1 is 0.661 bits per heavy atom. The minimum absolute atomic E-state index is 0.0347. The summed E-state index contributed by atoms with van der Waals surface area (Å²) < 4.78 is 11.5. The number of nitrogens with one attached hydrogen (secondary N) is 1. The van der Waals surface area contributed by atoms with Crippen LogP contribution in [0.15, 0.2) is 115 Å². The van der Waals surface area contributed by atoms with Gasteiger partial charge >= 0.3 is 17.9 Å². The fourth-order valence-corrected chi connectivity index (χ4v) is 6.27. The monoisotopic (exact) mass is 758 g/mol. The molecule has 1 fully saturated rings. The maximum Gasteiger partial charge on any atom is 0.343 e. The molecule has 2 amide bonds. The third kappa shape index (κ3) is 8.50. The van der Waals surface area contributed by atoms with Crippen LogP contribution in [0.25, 0.3) is 0 Å². The highest BCUT2D eigenvalue weighted by molar-refractivity contribution is 6.19. The number of aromatic carboxylic acids is 1. The van der Waals surface area contributed by atoms with E-state index in [0.29, 0.717) is 12.0 Å². The van der Waals surface area contributed by atoms with E-state index in [-0.39, 0.29) is 42.3 Å².